The van der Waals surface area contributed by atoms with E-state index in [1.807, 2.05) is 13.8 Å². The SMILES string of the molecule is CCOc1cc(N=Nc2ccc(S(=O)(=O)[O-])cc2)c(OCC)cc1N.[Na+]. The summed E-state index contributed by atoms with van der Waals surface area (Å²) in [5, 5.41) is 8.13. The minimum absolute atomic E-state index is 0. The average Bonchev–Trinajstić information content (AvgIpc) is 2.56. The molecule has 0 aliphatic carbocycles. The average molecular weight is 387 g/mol. The zero-order valence-electron chi connectivity index (χ0n) is 14.8. The van der Waals surface area contributed by atoms with Crippen molar-refractivity contribution >= 4 is 27.2 Å². The van der Waals surface area contributed by atoms with Gasteiger partial charge in [-0.2, -0.15) is 5.11 Å². The molecule has 0 bridgehead atoms. The largest absolute Gasteiger partial charge is 1.00 e. The van der Waals surface area contributed by atoms with Crippen LogP contribution in [-0.4, -0.2) is 26.2 Å². The second-order valence-electron chi connectivity index (χ2n) is 4.87. The first kappa shape index (κ1) is 22.4. The number of nitrogens with zero attached hydrogens (tertiary/aromatic N) is 2. The van der Waals surface area contributed by atoms with Gasteiger partial charge in [-0.3, -0.25) is 0 Å². The van der Waals surface area contributed by atoms with Crippen molar-refractivity contribution in [2.45, 2.75) is 18.7 Å². The smallest absolute Gasteiger partial charge is 0.744 e. The maximum atomic E-state index is 10.9. The first-order valence-corrected chi connectivity index (χ1v) is 8.92. The standard InChI is InChI=1S/C16H19N3O5S.Na/c1-3-23-15-10-14(16(24-4-2)9-13(15)17)19-18-11-5-7-12(8-6-11)25(20,21)22;/h5-10H,3-4,17H2,1-2H3,(H,20,21,22);/q;+1/p-1. The zero-order valence-corrected chi connectivity index (χ0v) is 17.6. The van der Waals surface area contributed by atoms with Crippen molar-refractivity contribution in [3.63, 3.8) is 0 Å². The van der Waals surface area contributed by atoms with Crippen molar-refractivity contribution in [2.24, 2.45) is 10.2 Å². The van der Waals surface area contributed by atoms with E-state index < -0.39 is 10.1 Å². The van der Waals surface area contributed by atoms with Gasteiger partial charge in [-0.15, -0.1) is 5.11 Å². The summed E-state index contributed by atoms with van der Waals surface area (Å²) in [7, 11) is -4.49. The summed E-state index contributed by atoms with van der Waals surface area (Å²) in [5.41, 5.74) is 7.13. The molecule has 0 atom stereocenters. The van der Waals surface area contributed by atoms with E-state index in [1.165, 1.54) is 24.3 Å². The number of ether oxygens (including phenoxy) is 2. The van der Waals surface area contributed by atoms with Gasteiger partial charge in [-0.25, -0.2) is 8.42 Å². The fourth-order valence-electron chi connectivity index (χ4n) is 1.99. The number of nitrogens with two attached hydrogens (primary N) is 1. The van der Waals surface area contributed by atoms with Crippen LogP contribution in [0.15, 0.2) is 51.5 Å². The molecule has 2 aromatic carbocycles. The molecule has 0 fully saturated rings. The Bertz CT molecular complexity index is 870. The van der Waals surface area contributed by atoms with E-state index in [-0.39, 0.29) is 34.5 Å². The first-order valence-electron chi connectivity index (χ1n) is 7.52. The van der Waals surface area contributed by atoms with Crippen LogP contribution in [0.25, 0.3) is 0 Å². The van der Waals surface area contributed by atoms with Gasteiger partial charge in [0.15, 0.2) is 0 Å². The number of benzene rings is 2. The molecule has 2 rings (SSSR count). The summed E-state index contributed by atoms with van der Waals surface area (Å²) in [6.07, 6.45) is 0. The Kier molecular flexibility index (Phi) is 8.51. The zero-order chi connectivity index (χ0) is 18.4. The van der Waals surface area contributed by atoms with Gasteiger partial charge in [0.25, 0.3) is 0 Å². The van der Waals surface area contributed by atoms with Crippen molar-refractivity contribution in [3.8, 4) is 11.5 Å². The van der Waals surface area contributed by atoms with E-state index >= 15 is 0 Å². The van der Waals surface area contributed by atoms with Gasteiger partial charge in [0.2, 0.25) is 0 Å². The topological polar surface area (TPSA) is 126 Å². The molecule has 0 amide bonds. The summed E-state index contributed by atoms with van der Waals surface area (Å²) in [6, 6.07) is 8.34. The maximum Gasteiger partial charge on any atom is 1.00 e. The third kappa shape index (κ3) is 5.96. The van der Waals surface area contributed by atoms with Gasteiger partial charge in [-0.05, 0) is 38.1 Å². The summed E-state index contributed by atoms with van der Waals surface area (Å²) in [5.74, 6) is 0.915. The van der Waals surface area contributed by atoms with Crippen molar-refractivity contribution < 1.29 is 52.0 Å². The van der Waals surface area contributed by atoms with Crippen LogP contribution in [0.5, 0.6) is 11.5 Å². The molecule has 0 radical (unpaired) electrons. The molecule has 0 saturated carbocycles. The van der Waals surface area contributed by atoms with E-state index in [2.05, 4.69) is 10.2 Å². The van der Waals surface area contributed by atoms with Crippen molar-refractivity contribution in [1.82, 2.24) is 0 Å². The molecular weight excluding hydrogens is 369 g/mol. The quantitative estimate of drug-likeness (QED) is 0.317. The van der Waals surface area contributed by atoms with Crippen LogP contribution < -0.4 is 44.8 Å². The Hall–Kier alpha value is -1.65. The van der Waals surface area contributed by atoms with E-state index in [4.69, 9.17) is 15.2 Å². The molecule has 10 heteroatoms. The van der Waals surface area contributed by atoms with Gasteiger partial charge < -0.3 is 19.8 Å². The molecule has 0 aliphatic rings. The molecule has 134 valence electrons. The van der Waals surface area contributed by atoms with E-state index in [1.54, 1.807) is 12.1 Å². The molecule has 0 unspecified atom stereocenters. The van der Waals surface area contributed by atoms with Gasteiger partial charge >= 0.3 is 29.6 Å². The molecule has 2 aromatic rings. The maximum absolute atomic E-state index is 10.9. The Morgan fingerprint density at radius 1 is 1.00 bits per heavy atom. The summed E-state index contributed by atoms with van der Waals surface area (Å²) in [4.78, 5) is -0.326. The van der Waals surface area contributed by atoms with Gasteiger partial charge in [0, 0.05) is 12.1 Å². The van der Waals surface area contributed by atoms with Crippen molar-refractivity contribution in [2.75, 3.05) is 18.9 Å². The fraction of sp³-hybridized carbons (Fsp3) is 0.250. The van der Waals surface area contributed by atoms with E-state index in [0.717, 1.165) is 0 Å². The van der Waals surface area contributed by atoms with Crippen LogP contribution in [0.4, 0.5) is 17.1 Å². The predicted molar refractivity (Wildman–Crippen MR) is 91.8 cm³/mol. The third-order valence-electron chi connectivity index (χ3n) is 3.09. The molecule has 2 N–H and O–H groups in total. The van der Waals surface area contributed by atoms with Gasteiger partial charge in [-0.1, -0.05) is 0 Å². The van der Waals surface area contributed by atoms with Crippen LogP contribution in [0.1, 0.15) is 13.8 Å². The minimum Gasteiger partial charge on any atom is -0.744 e. The summed E-state index contributed by atoms with van der Waals surface area (Å²) in [6.45, 7) is 4.53. The second kappa shape index (κ2) is 9.89. The Balaban J connectivity index is 0.00000338. The van der Waals surface area contributed by atoms with Gasteiger partial charge in [0.1, 0.15) is 27.3 Å². The molecule has 0 aliphatic heterocycles. The van der Waals surface area contributed by atoms with Crippen LogP contribution in [0, 0.1) is 0 Å². The van der Waals surface area contributed by atoms with Gasteiger partial charge in [0.05, 0.1) is 29.5 Å². The molecule has 8 nitrogen and oxygen atoms in total. The monoisotopic (exact) mass is 387 g/mol. The summed E-state index contributed by atoms with van der Waals surface area (Å²) < 4.78 is 43.7. The minimum atomic E-state index is -4.49. The molecule has 26 heavy (non-hydrogen) atoms. The number of rotatable bonds is 7. The predicted octanol–water partition coefficient (Wildman–Crippen LogP) is 0.390. The van der Waals surface area contributed by atoms with Crippen molar-refractivity contribution in [3.05, 3.63) is 36.4 Å². The fourth-order valence-corrected chi connectivity index (χ4v) is 2.46. The van der Waals surface area contributed by atoms with Crippen LogP contribution >= 0.6 is 0 Å². The van der Waals surface area contributed by atoms with Crippen LogP contribution in [0.3, 0.4) is 0 Å². The molecule has 0 heterocycles. The van der Waals surface area contributed by atoms with Crippen LogP contribution in [-0.2, 0) is 10.1 Å². The molecule has 0 aromatic heterocycles. The second-order valence-corrected chi connectivity index (χ2v) is 6.25. The number of azo groups is 1. The number of anilines is 1. The number of hydrogen-bond acceptors (Lipinski definition) is 8. The van der Waals surface area contributed by atoms with Crippen molar-refractivity contribution in [1.29, 1.82) is 0 Å². The number of nitrogen functional groups attached to an aromatic ring is 1. The van der Waals surface area contributed by atoms with E-state index in [0.29, 0.717) is 41.8 Å². The normalized spacial score (nSPS) is 11.2. The number of hydrogen-bond donors (Lipinski definition) is 1. The Labute approximate surface area is 174 Å². The van der Waals surface area contributed by atoms with E-state index in [9.17, 15) is 13.0 Å². The first-order chi connectivity index (χ1) is 11.8. The molecule has 0 spiro atoms. The molecule has 0 saturated heterocycles. The summed E-state index contributed by atoms with van der Waals surface area (Å²) >= 11 is 0. The Morgan fingerprint density at radius 3 is 2.12 bits per heavy atom. The molecular formula is C16H18N3NaO5S. The van der Waals surface area contributed by atoms with Crippen LogP contribution in [0.2, 0.25) is 0 Å². The third-order valence-corrected chi connectivity index (χ3v) is 3.94. The Morgan fingerprint density at radius 2 is 1.58 bits per heavy atom.